The Kier molecular flexibility index (Phi) is 6.62. The standard InChI is InChI=1S/C55H35N/c1-4-16-36(17-5-1)39-28-31-52-48(35-39)47-30-29-46-45-24-12-15-27-51(45)55(49-25-13-10-22-43(49)44-23-11-14-26-50(44)55)53(46)54(47)56(52)42-33-40(37-18-6-2-7-19-37)32-41(34-42)38-20-8-3-9-21-38/h1-35H. The van der Waals surface area contributed by atoms with Gasteiger partial charge in [-0.25, -0.2) is 0 Å². The SMILES string of the molecule is c1ccc(-c2cc(-c3ccccc3)cc(-n3c4ccc(-c5ccccc5)cc4c4ccc5c(c43)C3(c4ccccc4-c4ccccc43)c3ccccc3-5)c2)cc1. The molecule has 1 aromatic heterocycles. The van der Waals surface area contributed by atoms with E-state index in [1.54, 1.807) is 0 Å². The minimum absolute atomic E-state index is 0.494. The van der Waals surface area contributed by atoms with E-state index in [9.17, 15) is 0 Å². The van der Waals surface area contributed by atoms with Crippen LogP contribution in [0.4, 0.5) is 0 Å². The lowest BCUT2D eigenvalue weighted by molar-refractivity contribution is 0.797. The number of benzene rings is 9. The minimum atomic E-state index is -0.494. The molecular formula is C55H35N. The predicted octanol–water partition coefficient (Wildman–Crippen LogP) is 14.1. The van der Waals surface area contributed by atoms with Crippen LogP contribution < -0.4 is 0 Å². The number of hydrogen-bond acceptors (Lipinski definition) is 0. The highest BCUT2D eigenvalue weighted by atomic mass is 15.0. The Labute approximate surface area is 326 Å². The molecule has 0 bridgehead atoms. The van der Waals surface area contributed by atoms with Gasteiger partial charge in [0.25, 0.3) is 0 Å². The van der Waals surface area contributed by atoms with Crippen LogP contribution in [-0.4, -0.2) is 4.57 Å². The van der Waals surface area contributed by atoms with Crippen molar-refractivity contribution < 1.29 is 0 Å². The van der Waals surface area contributed by atoms with Crippen LogP contribution in [0.15, 0.2) is 212 Å². The van der Waals surface area contributed by atoms with E-state index in [4.69, 9.17) is 0 Å². The molecule has 1 heteroatoms. The molecule has 0 aliphatic heterocycles. The summed E-state index contributed by atoms with van der Waals surface area (Å²) in [5, 5.41) is 2.51. The number of aromatic nitrogens is 1. The van der Waals surface area contributed by atoms with Gasteiger partial charge in [0.05, 0.1) is 16.4 Å². The summed E-state index contributed by atoms with van der Waals surface area (Å²) in [5.41, 5.74) is 21.0. The summed E-state index contributed by atoms with van der Waals surface area (Å²) in [4.78, 5) is 0. The van der Waals surface area contributed by atoms with Gasteiger partial charge < -0.3 is 4.57 Å². The second-order valence-electron chi connectivity index (χ2n) is 15.2. The molecule has 2 aliphatic rings. The molecule has 0 unspecified atom stereocenters. The third kappa shape index (κ3) is 4.26. The van der Waals surface area contributed by atoms with Crippen molar-refractivity contribution in [3.8, 4) is 61.3 Å². The van der Waals surface area contributed by atoms with Gasteiger partial charge in [0, 0.05) is 22.0 Å². The van der Waals surface area contributed by atoms with E-state index in [1.807, 2.05) is 0 Å². The largest absolute Gasteiger partial charge is 0.309 e. The molecule has 56 heavy (non-hydrogen) atoms. The number of rotatable bonds is 4. The van der Waals surface area contributed by atoms with Crippen molar-refractivity contribution in [3.63, 3.8) is 0 Å². The average molecular weight is 710 g/mol. The van der Waals surface area contributed by atoms with Gasteiger partial charge in [0.15, 0.2) is 0 Å². The maximum Gasteiger partial charge on any atom is 0.0746 e. The van der Waals surface area contributed by atoms with Gasteiger partial charge in [0.1, 0.15) is 0 Å². The summed E-state index contributed by atoms with van der Waals surface area (Å²) in [6.45, 7) is 0. The van der Waals surface area contributed by atoms with Crippen molar-refractivity contribution in [2.24, 2.45) is 0 Å². The highest BCUT2D eigenvalue weighted by Crippen LogP contribution is 2.64. The third-order valence-electron chi connectivity index (χ3n) is 12.4. The number of fused-ring (bicyclic) bond motifs is 14. The van der Waals surface area contributed by atoms with Crippen molar-refractivity contribution in [1.29, 1.82) is 0 Å². The van der Waals surface area contributed by atoms with Crippen LogP contribution in [0.5, 0.6) is 0 Å². The Hall–Kier alpha value is -7.22. The van der Waals surface area contributed by atoms with E-state index in [0.29, 0.717) is 0 Å². The van der Waals surface area contributed by atoms with Crippen LogP contribution in [0.25, 0.3) is 83.1 Å². The summed E-state index contributed by atoms with van der Waals surface area (Å²) in [6, 6.07) is 78.8. The lowest BCUT2D eigenvalue weighted by Gasteiger charge is -2.31. The summed E-state index contributed by atoms with van der Waals surface area (Å²) < 4.78 is 2.59. The van der Waals surface area contributed by atoms with E-state index in [1.165, 1.54) is 99.7 Å². The molecule has 10 aromatic rings. The Bertz CT molecular complexity index is 3050. The first-order valence-corrected chi connectivity index (χ1v) is 19.5. The van der Waals surface area contributed by atoms with Crippen molar-refractivity contribution in [2.75, 3.05) is 0 Å². The molecule has 260 valence electrons. The molecule has 0 saturated heterocycles. The minimum Gasteiger partial charge on any atom is -0.309 e. The molecule has 1 spiro atoms. The second-order valence-corrected chi connectivity index (χ2v) is 15.2. The smallest absolute Gasteiger partial charge is 0.0746 e. The van der Waals surface area contributed by atoms with Crippen LogP contribution in [0, 0.1) is 0 Å². The van der Waals surface area contributed by atoms with Crippen LogP contribution in [0.3, 0.4) is 0 Å². The molecule has 2 aliphatic carbocycles. The van der Waals surface area contributed by atoms with Crippen LogP contribution >= 0.6 is 0 Å². The molecule has 1 nitrogen and oxygen atoms in total. The Morgan fingerprint density at radius 1 is 0.304 bits per heavy atom. The van der Waals surface area contributed by atoms with Gasteiger partial charge in [-0.3, -0.25) is 0 Å². The zero-order chi connectivity index (χ0) is 36.8. The first kappa shape index (κ1) is 31.2. The monoisotopic (exact) mass is 709 g/mol. The van der Waals surface area contributed by atoms with Crippen LogP contribution in [0.2, 0.25) is 0 Å². The third-order valence-corrected chi connectivity index (χ3v) is 12.4. The number of nitrogens with zero attached hydrogens (tertiary/aromatic N) is 1. The van der Waals surface area contributed by atoms with Gasteiger partial charge >= 0.3 is 0 Å². The quantitative estimate of drug-likeness (QED) is 0.171. The van der Waals surface area contributed by atoms with Gasteiger partial charge in [-0.2, -0.15) is 0 Å². The lowest BCUT2D eigenvalue weighted by atomic mass is 9.70. The fourth-order valence-corrected chi connectivity index (χ4v) is 10.1. The first-order valence-electron chi connectivity index (χ1n) is 19.5. The zero-order valence-corrected chi connectivity index (χ0v) is 30.7. The molecule has 1 heterocycles. The number of hydrogen-bond donors (Lipinski definition) is 0. The fraction of sp³-hybridized carbons (Fsp3) is 0.0182. The Balaban J connectivity index is 1.27. The van der Waals surface area contributed by atoms with Crippen molar-refractivity contribution in [3.05, 3.63) is 235 Å². The average Bonchev–Trinajstić information content (AvgIpc) is 3.89. The van der Waals surface area contributed by atoms with E-state index in [0.717, 1.165) is 5.69 Å². The van der Waals surface area contributed by atoms with Crippen LogP contribution in [0.1, 0.15) is 22.3 Å². The Morgan fingerprint density at radius 3 is 1.30 bits per heavy atom. The van der Waals surface area contributed by atoms with E-state index >= 15 is 0 Å². The van der Waals surface area contributed by atoms with Crippen molar-refractivity contribution >= 4 is 21.8 Å². The van der Waals surface area contributed by atoms with Crippen molar-refractivity contribution in [2.45, 2.75) is 5.41 Å². The normalized spacial score (nSPS) is 13.1. The highest BCUT2D eigenvalue weighted by Gasteiger charge is 2.53. The molecule has 0 radical (unpaired) electrons. The van der Waals surface area contributed by atoms with Gasteiger partial charge in [-0.1, -0.05) is 182 Å². The molecular weight excluding hydrogens is 675 g/mol. The first-order chi connectivity index (χ1) is 27.8. The summed E-state index contributed by atoms with van der Waals surface area (Å²) >= 11 is 0. The van der Waals surface area contributed by atoms with E-state index in [2.05, 4.69) is 217 Å². The van der Waals surface area contributed by atoms with Crippen LogP contribution in [-0.2, 0) is 5.41 Å². The zero-order valence-electron chi connectivity index (χ0n) is 30.7. The Morgan fingerprint density at radius 2 is 0.768 bits per heavy atom. The van der Waals surface area contributed by atoms with Crippen molar-refractivity contribution in [1.82, 2.24) is 4.57 Å². The van der Waals surface area contributed by atoms with Gasteiger partial charge in [0.2, 0.25) is 0 Å². The van der Waals surface area contributed by atoms with Gasteiger partial charge in [-0.15, -0.1) is 0 Å². The van der Waals surface area contributed by atoms with E-state index in [-0.39, 0.29) is 0 Å². The summed E-state index contributed by atoms with van der Waals surface area (Å²) in [6.07, 6.45) is 0. The fourth-order valence-electron chi connectivity index (χ4n) is 10.1. The maximum absolute atomic E-state index is 2.59. The molecule has 0 atom stereocenters. The molecule has 12 rings (SSSR count). The summed E-state index contributed by atoms with van der Waals surface area (Å²) in [7, 11) is 0. The second kappa shape index (κ2) is 11.9. The van der Waals surface area contributed by atoms with E-state index < -0.39 is 5.41 Å². The van der Waals surface area contributed by atoms with Gasteiger partial charge in [-0.05, 0) is 103 Å². The predicted molar refractivity (Wildman–Crippen MR) is 233 cm³/mol. The molecule has 0 N–H and O–H groups in total. The lowest BCUT2D eigenvalue weighted by Crippen LogP contribution is -2.26. The highest BCUT2D eigenvalue weighted by molar-refractivity contribution is 6.15. The maximum atomic E-state index is 2.59. The molecule has 0 fully saturated rings. The topological polar surface area (TPSA) is 4.93 Å². The summed E-state index contributed by atoms with van der Waals surface area (Å²) in [5.74, 6) is 0. The molecule has 9 aromatic carbocycles. The molecule has 0 amide bonds. The molecule has 0 saturated carbocycles.